The van der Waals surface area contributed by atoms with Crippen molar-refractivity contribution in [1.29, 1.82) is 0 Å². The van der Waals surface area contributed by atoms with Gasteiger partial charge in [0.1, 0.15) is 43.9 Å². The van der Waals surface area contributed by atoms with Crippen LogP contribution in [0.15, 0.2) is 64.4 Å². The Morgan fingerprint density at radius 1 is 1.26 bits per heavy atom. The first-order valence-corrected chi connectivity index (χ1v) is 13.0. The number of nitrogens with one attached hydrogen (secondary N) is 1. The summed E-state index contributed by atoms with van der Waals surface area (Å²) >= 11 is 0. The van der Waals surface area contributed by atoms with Crippen LogP contribution in [0.25, 0.3) is 0 Å². The molecule has 1 N–H and O–H groups in total. The summed E-state index contributed by atoms with van der Waals surface area (Å²) in [6.45, 7) is 2.23. The molecule has 0 radical (unpaired) electrons. The molecule has 3 heterocycles. The number of carbonyl (C=O) groups excluding carboxylic acids is 2. The maximum absolute atomic E-state index is 12.9. The van der Waals surface area contributed by atoms with Crippen molar-refractivity contribution >= 4 is 23.6 Å². The summed E-state index contributed by atoms with van der Waals surface area (Å²) in [6.07, 6.45) is -2.48. The lowest BCUT2D eigenvalue weighted by Crippen LogP contribution is -2.38. The molecular weight excluding hydrogens is 570 g/mol. The van der Waals surface area contributed by atoms with Crippen LogP contribution in [-0.2, 0) is 23.7 Å². The normalized spacial score (nSPS) is 18.4. The van der Waals surface area contributed by atoms with Gasteiger partial charge in [0.2, 0.25) is 0 Å². The lowest BCUT2D eigenvalue weighted by molar-refractivity contribution is -0.592. The summed E-state index contributed by atoms with van der Waals surface area (Å²) in [5.41, 5.74) is -0.743. The van der Waals surface area contributed by atoms with Crippen LogP contribution in [0.4, 0.5) is 16.3 Å². The summed E-state index contributed by atoms with van der Waals surface area (Å²) < 4.78 is 23.7. The third-order valence-electron chi connectivity index (χ3n) is 6.65. The molecular formula is C27H29N5O11. The van der Waals surface area contributed by atoms with Crippen molar-refractivity contribution in [3.8, 4) is 0 Å². The molecule has 0 bridgehead atoms. The van der Waals surface area contributed by atoms with E-state index in [1.807, 2.05) is 0 Å². The summed E-state index contributed by atoms with van der Waals surface area (Å²) in [5, 5.41) is 23.6. The number of hydrogen-bond acceptors (Lipinski definition) is 12. The fraction of sp³-hybridized carbons (Fsp3) is 0.370. The van der Waals surface area contributed by atoms with Crippen LogP contribution in [0, 0.1) is 22.2 Å². The third-order valence-corrected chi connectivity index (χ3v) is 6.65. The van der Waals surface area contributed by atoms with E-state index >= 15 is 0 Å². The van der Waals surface area contributed by atoms with Gasteiger partial charge in [-0.2, -0.15) is 0 Å². The van der Waals surface area contributed by atoms with Gasteiger partial charge in [-0.15, -0.1) is 0 Å². The summed E-state index contributed by atoms with van der Waals surface area (Å²) in [4.78, 5) is 62.8. The first-order chi connectivity index (χ1) is 20.4. The van der Waals surface area contributed by atoms with Crippen molar-refractivity contribution in [2.45, 2.75) is 44.8 Å². The minimum absolute atomic E-state index is 0.0455. The van der Waals surface area contributed by atoms with Gasteiger partial charge in [-0.1, -0.05) is 30.3 Å². The van der Waals surface area contributed by atoms with Gasteiger partial charge >= 0.3 is 17.8 Å². The van der Waals surface area contributed by atoms with Gasteiger partial charge in [-0.25, -0.2) is 14.3 Å². The number of benzene rings is 1. The number of ether oxygens (including phenoxy) is 4. The van der Waals surface area contributed by atoms with Gasteiger partial charge in [-0.3, -0.25) is 34.2 Å². The zero-order valence-electron chi connectivity index (χ0n) is 23.4. The van der Waals surface area contributed by atoms with Crippen molar-refractivity contribution in [3.63, 3.8) is 0 Å². The van der Waals surface area contributed by atoms with Crippen molar-refractivity contribution in [1.82, 2.24) is 9.55 Å². The molecule has 4 rings (SSSR count). The molecule has 16 heteroatoms. The average molecular weight is 600 g/mol. The number of likely N-dealkylation sites (N-methyl/N-ethyl adjacent to an activating group) is 1. The van der Waals surface area contributed by atoms with E-state index in [-0.39, 0.29) is 30.0 Å². The van der Waals surface area contributed by atoms with Gasteiger partial charge in [0, 0.05) is 25.1 Å². The second-order valence-electron chi connectivity index (χ2n) is 9.78. The Hall–Kier alpha value is -5.25. The standard InChI is InChI=1S/C27H29N5O11/c1-16-13-30(26(35)28-25(16)34)24-12-20(41-17(2)33)22(42-24)15-40-27(36)43-21(18-7-5-4-6-8-18)14-29(3)23-11-19(32(38)39)9-10-31(23)37/h4-11,13,20-22,24H,12,14-15H2,1-3H3,(H,28,34,35)/t20-,21?,22+,24+/m0/s1. The van der Waals surface area contributed by atoms with E-state index in [1.54, 1.807) is 30.3 Å². The van der Waals surface area contributed by atoms with Crippen LogP contribution in [0.3, 0.4) is 0 Å². The topological polar surface area (TPSA) is 199 Å². The van der Waals surface area contributed by atoms with E-state index in [9.17, 15) is 34.5 Å². The Kier molecular flexibility index (Phi) is 9.39. The number of pyridine rings is 1. The zero-order valence-corrected chi connectivity index (χ0v) is 23.4. The summed E-state index contributed by atoms with van der Waals surface area (Å²) in [5.74, 6) is -0.662. The number of rotatable bonds is 10. The van der Waals surface area contributed by atoms with Gasteiger partial charge in [-0.05, 0) is 12.5 Å². The van der Waals surface area contributed by atoms with Crippen molar-refractivity contribution in [2.75, 3.05) is 25.1 Å². The Morgan fingerprint density at radius 3 is 2.65 bits per heavy atom. The number of anilines is 1. The van der Waals surface area contributed by atoms with Gasteiger partial charge in [0.15, 0.2) is 6.10 Å². The SMILES string of the molecule is CC(=O)O[C@H]1C[C@H](n2cc(C)c(=O)[nH]c2=O)O[C@@H]1COC(=O)OC(CN(C)c1cc([N+](=O)[O-])cc[n+]1[O-])c1ccccc1. The minimum Gasteiger partial charge on any atom is -0.711 e. The van der Waals surface area contributed by atoms with Crippen molar-refractivity contribution in [3.05, 3.63) is 102 Å². The predicted molar refractivity (Wildman–Crippen MR) is 147 cm³/mol. The molecule has 0 aliphatic carbocycles. The number of aromatic amines is 1. The van der Waals surface area contributed by atoms with Crippen LogP contribution in [0.1, 0.15) is 36.8 Å². The molecule has 43 heavy (non-hydrogen) atoms. The first kappa shape index (κ1) is 30.7. The van der Waals surface area contributed by atoms with Crippen LogP contribution in [0.2, 0.25) is 0 Å². The minimum atomic E-state index is -1.11. The first-order valence-electron chi connectivity index (χ1n) is 13.0. The largest absolute Gasteiger partial charge is 0.711 e. The molecule has 16 nitrogen and oxygen atoms in total. The number of aryl methyl sites for hydroxylation is 1. The number of carbonyl (C=O) groups is 2. The maximum atomic E-state index is 12.9. The molecule has 228 valence electrons. The van der Waals surface area contributed by atoms with Crippen molar-refractivity contribution < 1.29 is 38.2 Å². The Morgan fingerprint density at radius 2 is 1.98 bits per heavy atom. The second-order valence-corrected chi connectivity index (χ2v) is 9.78. The Labute approximate surface area is 243 Å². The van der Waals surface area contributed by atoms with E-state index in [0.29, 0.717) is 10.3 Å². The average Bonchev–Trinajstić information content (AvgIpc) is 3.35. The molecule has 0 saturated carbocycles. The zero-order chi connectivity index (χ0) is 31.3. The van der Waals surface area contributed by atoms with E-state index in [1.165, 1.54) is 32.0 Å². The molecule has 4 atom stereocenters. The molecule has 1 fully saturated rings. The number of nitrogens with zero attached hydrogens (tertiary/aromatic N) is 4. The van der Waals surface area contributed by atoms with E-state index in [0.717, 1.165) is 22.9 Å². The number of hydrogen-bond donors (Lipinski definition) is 1. The second kappa shape index (κ2) is 13.2. The predicted octanol–water partition coefficient (Wildman–Crippen LogP) is 1.64. The lowest BCUT2D eigenvalue weighted by Gasteiger charge is -2.23. The highest BCUT2D eigenvalue weighted by Crippen LogP contribution is 2.31. The maximum Gasteiger partial charge on any atom is 0.509 e. The van der Waals surface area contributed by atoms with Crippen LogP contribution < -0.4 is 20.9 Å². The highest BCUT2D eigenvalue weighted by atomic mass is 16.7. The molecule has 2 aromatic heterocycles. The number of aromatic nitrogens is 3. The smallest absolute Gasteiger partial charge is 0.509 e. The summed E-state index contributed by atoms with van der Waals surface area (Å²) in [7, 11) is 1.51. The van der Waals surface area contributed by atoms with Crippen molar-refractivity contribution in [2.24, 2.45) is 0 Å². The molecule has 0 amide bonds. The summed E-state index contributed by atoms with van der Waals surface area (Å²) in [6, 6.07) is 10.7. The van der Waals surface area contributed by atoms with Crippen LogP contribution in [0.5, 0.6) is 0 Å². The molecule has 1 saturated heterocycles. The molecule has 1 aliphatic heterocycles. The molecule has 1 aromatic carbocycles. The number of H-pyrrole nitrogens is 1. The third kappa shape index (κ3) is 7.53. The van der Waals surface area contributed by atoms with Crippen LogP contribution >= 0.6 is 0 Å². The highest BCUT2D eigenvalue weighted by molar-refractivity contribution is 5.66. The molecule has 1 unspecified atom stereocenters. The van der Waals surface area contributed by atoms with E-state index < -0.39 is 59.4 Å². The Balaban J connectivity index is 1.47. The number of esters is 1. The highest BCUT2D eigenvalue weighted by Gasteiger charge is 2.40. The Bertz CT molecular complexity index is 1610. The molecule has 1 aliphatic rings. The molecule has 3 aromatic rings. The van der Waals surface area contributed by atoms with E-state index in [4.69, 9.17) is 18.9 Å². The fourth-order valence-electron chi connectivity index (χ4n) is 4.54. The number of nitro groups is 1. The van der Waals surface area contributed by atoms with Gasteiger partial charge in [0.05, 0.1) is 18.0 Å². The molecule has 0 spiro atoms. The quantitative estimate of drug-likeness (QED) is 0.116. The monoisotopic (exact) mass is 599 g/mol. The van der Waals surface area contributed by atoms with Gasteiger partial charge < -0.3 is 24.2 Å². The van der Waals surface area contributed by atoms with E-state index in [2.05, 4.69) is 4.98 Å². The lowest BCUT2D eigenvalue weighted by atomic mass is 10.1. The fourth-order valence-corrected chi connectivity index (χ4v) is 4.54. The van der Waals surface area contributed by atoms with Crippen LogP contribution in [-0.4, -0.2) is 59.0 Å². The van der Waals surface area contributed by atoms with Gasteiger partial charge in [0.25, 0.3) is 17.1 Å².